The minimum atomic E-state index is 0.812. The van der Waals surface area contributed by atoms with Gasteiger partial charge < -0.3 is 4.42 Å². The van der Waals surface area contributed by atoms with E-state index < -0.39 is 0 Å². The van der Waals surface area contributed by atoms with Crippen LogP contribution in [0.5, 0.6) is 0 Å². The van der Waals surface area contributed by atoms with Gasteiger partial charge in [0.25, 0.3) is 0 Å². The first-order chi connectivity index (χ1) is 26.2. The molecule has 0 unspecified atom stereocenters. The summed E-state index contributed by atoms with van der Waals surface area (Å²) in [5.41, 5.74) is 12.2. The first kappa shape index (κ1) is 29.5. The number of pyridine rings is 4. The quantitative estimate of drug-likeness (QED) is 0.174. The number of aromatic nitrogens is 4. The maximum absolute atomic E-state index is 6.50. The van der Waals surface area contributed by atoms with E-state index in [2.05, 4.69) is 115 Å². The van der Waals surface area contributed by atoms with Crippen LogP contribution in [-0.4, -0.2) is 19.9 Å². The van der Waals surface area contributed by atoms with E-state index in [0.717, 1.165) is 110 Å². The Labute approximate surface area is 303 Å². The van der Waals surface area contributed by atoms with Crippen molar-refractivity contribution in [2.24, 2.45) is 0 Å². The zero-order chi connectivity index (χ0) is 34.9. The molecule has 0 N–H and O–H groups in total. The average molecular weight is 677 g/mol. The van der Waals surface area contributed by atoms with Gasteiger partial charge in [0.05, 0.1) is 39.3 Å². The molecule has 0 saturated carbocycles. The van der Waals surface area contributed by atoms with Crippen molar-refractivity contribution < 1.29 is 4.42 Å². The smallest absolute Gasteiger partial charge is 0.144 e. The molecule has 5 aromatic heterocycles. The van der Waals surface area contributed by atoms with Crippen LogP contribution >= 0.6 is 0 Å². The van der Waals surface area contributed by atoms with Crippen LogP contribution in [0.15, 0.2) is 174 Å². The van der Waals surface area contributed by atoms with E-state index in [1.165, 1.54) is 0 Å². The van der Waals surface area contributed by atoms with Crippen molar-refractivity contribution >= 4 is 65.4 Å². The lowest BCUT2D eigenvalue weighted by Gasteiger charge is -2.11. The van der Waals surface area contributed by atoms with Gasteiger partial charge in [0.1, 0.15) is 11.2 Å². The van der Waals surface area contributed by atoms with E-state index in [0.29, 0.717) is 0 Å². The Morgan fingerprint density at radius 3 is 1.79 bits per heavy atom. The molecule has 0 fully saturated rings. The SMILES string of the molecule is c1ccc(-c2ccc3ccc4ccc(-c5ccc(-c6ccc(-c7nc8ccccc8c8c7ccc7c9ccccc9oc78)cc6)cn5)nc4c3n2)cc1. The van der Waals surface area contributed by atoms with Gasteiger partial charge in [-0.15, -0.1) is 0 Å². The van der Waals surface area contributed by atoms with Gasteiger partial charge in [-0.1, -0.05) is 127 Å². The molecular weight excluding hydrogens is 649 g/mol. The number of hydrogen-bond acceptors (Lipinski definition) is 5. The molecule has 5 heterocycles. The molecule has 6 aromatic carbocycles. The van der Waals surface area contributed by atoms with Crippen molar-refractivity contribution in [1.29, 1.82) is 0 Å². The fourth-order valence-electron chi connectivity index (χ4n) is 7.65. The highest BCUT2D eigenvalue weighted by Gasteiger charge is 2.17. The van der Waals surface area contributed by atoms with E-state index in [9.17, 15) is 0 Å². The summed E-state index contributed by atoms with van der Waals surface area (Å²) in [4.78, 5) is 20.2. The fraction of sp³-hybridized carbons (Fsp3) is 0. The molecule has 0 atom stereocenters. The molecule has 11 rings (SSSR count). The van der Waals surface area contributed by atoms with E-state index >= 15 is 0 Å². The van der Waals surface area contributed by atoms with Crippen molar-refractivity contribution in [3.05, 3.63) is 170 Å². The van der Waals surface area contributed by atoms with Gasteiger partial charge in [0.15, 0.2) is 0 Å². The zero-order valence-electron chi connectivity index (χ0n) is 28.4. The highest BCUT2D eigenvalue weighted by atomic mass is 16.3. The Hall–Kier alpha value is -7.24. The van der Waals surface area contributed by atoms with E-state index in [4.69, 9.17) is 24.4 Å². The first-order valence-corrected chi connectivity index (χ1v) is 17.7. The summed E-state index contributed by atoms with van der Waals surface area (Å²) in [6.07, 6.45) is 1.92. The third-order valence-corrected chi connectivity index (χ3v) is 10.3. The monoisotopic (exact) mass is 676 g/mol. The van der Waals surface area contributed by atoms with Crippen LogP contribution in [0.1, 0.15) is 0 Å². The largest absolute Gasteiger partial charge is 0.455 e. The number of furan rings is 1. The number of benzene rings is 6. The van der Waals surface area contributed by atoms with Gasteiger partial charge in [-0.05, 0) is 42.0 Å². The maximum atomic E-state index is 6.50. The predicted molar refractivity (Wildman–Crippen MR) is 217 cm³/mol. The third-order valence-electron chi connectivity index (χ3n) is 10.3. The molecule has 53 heavy (non-hydrogen) atoms. The Morgan fingerprint density at radius 1 is 0.377 bits per heavy atom. The highest BCUT2D eigenvalue weighted by Crippen LogP contribution is 2.41. The molecule has 5 heteroatoms. The summed E-state index contributed by atoms with van der Waals surface area (Å²) in [5.74, 6) is 0. The summed E-state index contributed by atoms with van der Waals surface area (Å²) in [7, 11) is 0. The van der Waals surface area contributed by atoms with E-state index in [1.807, 2.05) is 54.7 Å². The number of hydrogen-bond donors (Lipinski definition) is 0. The highest BCUT2D eigenvalue weighted by molar-refractivity contribution is 6.24. The molecule has 5 nitrogen and oxygen atoms in total. The number of para-hydroxylation sites is 2. The van der Waals surface area contributed by atoms with Crippen LogP contribution < -0.4 is 0 Å². The van der Waals surface area contributed by atoms with Crippen LogP contribution in [0.25, 0.3) is 110 Å². The van der Waals surface area contributed by atoms with Gasteiger partial charge in [-0.25, -0.2) is 15.0 Å². The van der Waals surface area contributed by atoms with E-state index in [1.54, 1.807) is 0 Å². The van der Waals surface area contributed by atoms with E-state index in [-0.39, 0.29) is 0 Å². The van der Waals surface area contributed by atoms with Crippen LogP contribution in [-0.2, 0) is 0 Å². The topological polar surface area (TPSA) is 64.7 Å². The lowest BCUT2D eigenvalue weighted by molar-refractivity contribution is 0.673. The summed E-state index contributed by atoms with van der Waals surface area (Å²) in [5, 5.41) is 7.58. The molecular formula is C48H28N4O. The van der Waals surface area contributed by atoms with Gasteiger partial charge >= 0.3 is 0 Å². The molecule has 0 aliphatic heterocycles. The zero-order valence-corrected chi connectivity index (χ0v) is 28.4. The lowest BCUT2D eigenvalue weighted by Crippen LogP contribution is -1.92. The molecule has 11 aromatic rings. The first-order valence-electron chi connectivity index (χ1n) is 17.7. The van der Waals surface area contributed by atoms with Crippen molar-refractivity contribution in [3.63, 3.8) is 0 Å². The second-order valence-electron chi connectivity index (χ2n) is 13.4. The Balaban J connectivity index is 0.952. The molecule has 0 aliphatic carbocycles. The maximum Gasteiger partial charge on any atom is 0.144 e. The summed E-state index contributed by atoms with van der Waals surface area (Å²) in [6, 6.07) is 56.4. The van der Waals surface area contributed by atoms with Gasteiger partial charge in [-0.2, -0.15) is 0 Å². The Kier molecular flexibility index (Phi) is 6.48. The molecule has 0 spiro atoms. The van der Waals surface area contributed by atoms with Crippen molar-refractivity contribution in [2.45, 2.75) is 0 Å². The number of nitrogens with zero attached hydrogens (tertiary/aromatic N) is 4. The molecule has 0 bridgehead atoms. The number of fused-ring (bicyclic) bond motifs is 10. The van der Waals surface area contributed by atoms with Crippen LogP contribution in [0.4, 0.5) is 0 Å². The van der Waals surface area contributed by atoms with Crippen molar-refractivity contribution in [2.75, 3.05) is 0 Å². The van der Waals surface area contributed by atoms with Crippen LogP contribution in [0.3, 0.4) is 0 Å². The molecule has 0 radical (unpaired) electrons. The van der Waals surface area contributed by atoms with Crippen molar-refractivity contribution in [3.8, 4) is 45.0 Å². The van der Waals surface area contributed by atoms with Crippen LogP contribution in [0, 0.1) is 0 Å². The lowest BCUT2D eigenvalue weighted by atomic mass is 9.96. The normalized spacial score (nSPS) is 11.8. The standard InChI is InChI=1S/C48H28N4O/c1-2-8-30(9-3-1)39-25-20-32-18-19-33-21-27-42(52-47(33)46(32)50-39)41-26-22-34(28-49-41)29-14-16-31(17-15-29)45-38-24-23-36-35-10-5-7-13-43(35)53-48(36)44(38)37-11-4-6-12-40(37)51-45/h1-28H. The Bertz CT molecular complexity index is 3210. The predicted octanol–water partition coefficient (Wildman–Crippen LogP) is 12.4. The molecule has 0 aliphatic rings. The van der Waals surface area contributed by atoms with Gasteiger partial charge in [0, 0.05) is 60.6 Å². The second-order valence-corrected chi connectivity index (χ2v) is 13.4. The van der Waals surface area contributed by atoms with Crippen LogP contribution in [0.2, 0.25) is 0 Å². The number of rotatable bonds is 4. The average Bonchev–Trinajstić information content (AvgIpc) is 3.62. The van der Waals surface area contributed by atoms with Gasteiger partial charge in [-0.3, -0.25) is 4.98 Å². The second kappa shape index (κ2) is 11.7. The summed E-state index contributed by atoms with van der Waals surface area (Å²) < 4.78 is 6.50. The summed E-state index contributed by atoms with van der Waals surface area (Å²) >= 11 is 0. The molecule has 0 saturated heterocycles. The molecule has 246 valence electrons. The molecule has 0 amide bonds. The van der Waals surface area contributed by atoms with Gasteiger partial charge in [0.2, 0.25) is 0 Å². The minimum Gasteiger partial charge on any atom is -0.455 e. The summed E-state index contributed by atoms with van der Waals surface area (Å²) in [6.45, 7) is 0. The Morgan fingerprint density at radius 2 is 1.00 bits per heavy atom. The fourth-order valence-corrected chi connectivity index (χ4v) is 7.65. The third kappa shape index (κ3) is 4.79. The minimum absolute atomic E-state index is 0.812. The van der Waals surface area contributed by atoms with Crippen molar-refractivity contribution in [1.82, 2.24) is 19.9 Å².